The summed E-state index contributed by atoms with van der Waals surface area (Å²) in [7, 11) is 0. The molecule has 2 aromatic carbocycles. The fraction of sp³-hybridized carbons (Fsp3) is 0.125. The van der Waals surface area contributed by atoms with Crippen molar-refractivity contribution in [1.29, 1.82) is 0 Å². The number of non-ortho nitro benzene ring substituents is 1. The lowest BCUT2D eigenvalue weighted by Gasteiger charge is -2.36. The van der Waals surface area contributed by atoms with Crippen LogP contribution >= 0.6 is 12.2 Å². The van der Waals surface area contributed by atoms with E-state index in [1.165, 1.54) is 28.0 Å². The number of benzene rings is 2. The van der Waals surface area contributed by atoms with Crippen LogP contribution in [0.1, 0.15) is 19.0 Å². The second-order valence-corrected chi connectivity index (χ2v) is 7.72. The average molecular weight is 461 g/mol. The summed E-state index contributed by atoms with van der Waals surface area (Å²) < 4.78 is 1.69. The Balaban J connectivity index is 1.80. The second kappa shape index (κ2) is 9.17. The van der Waals surface area contributed by atoms with E-state index in [-0.39, 0.29) is 16.4 Å². The van der Waals surface area contributed by atoms with E-state index in [2.05, 4.69) is 0 Å². The highest BCUT2D eigenvalue weighted by Gasteiger charge is 2.40. The minimum Gasteiger partial charge on any atom is -0.317 e. The van der Waals surface area contributed by atoms with Crippen molar-refractivity contribution in [2.24, 2.45) is 0 Å². The van der Waals surface area contributed by atoms with Crippen LogP contribution in [0.25, 0.3) is 11.8 Å². The van der Waals surface area contributed by atoms with Gasteiger partial charge in [0.1, 0.15) is 5.57 Å². The number of thiocarbonyl (C=S) groups is 1. The number of nitrogens with zero attached hydrogens (tertiary/aromatic N) is 4. The Morgan fingerprint density at radius 2 is 1.70 bits per heavy atom. The van der Waals surface area contributed by atoms with Crippen LogP contribution in [-0.4, -0.2) is 37.9 Å². The van der Waals surface area contributed by atoms with Crippen molar-refractivity contribution in [1.82, 2.24) is 9.47 Å². The zero-order valence-electron chi connectivity index (χ0n) is 17.7. The molecule has 9 heteroatoms. The van der Waals surface area contributed by atoms with Crippen LogP contribution in [0.2, 0.25) is 0 Å². The highest BCUT2D eigenvalue weighted by molar-refractivity contribution is 7.80. The number of hydrogen-bond acceptors (Lipinski definition) is 5. The summed E-state index contributed by atoms with van der Waals surface area (Å²) in [5.41, 5.74) is 1.55. The van der Waals surface area contributed by atoms with Gasteiger partial charge in [-0.1, -0.05) is 31.2 Å². The standard InChI is InChI=1S/C24H20N4O4S/c1-2-13-26-22(29)21(23(30)27(24(26)33)17-8-4-3-5-9-17)16-19-12-7-14-25(19)18-10-6-11-20(15-18)28(31)32/h3-12,14-16H,2,13H2,1H3/b21-16+. The second-order valence-electron chi connectivity index (χ2n) is 7.35. The van der Waals surface area contributed by atoms with Crippen molar-refractivity contribution < 1.29 is 14.5 Å². The molecule has 1 aromatic heterocycles. The number of anilines is 1. The van der Waals surface area contributed by atoms with Crippen LogP contribution < -0.4 is 4.90 Å². The Morgan fingerprint density at radius 3 is 2.39 bits per heavy atom. The molecule has 0 atom stereocenters. The SMILES string of the molecule is CCCN1C(=O)/C(=C\c2cccn2-c2cccc([N+](=O)[O-])c2)C(=O)N(c2ccccc2)C1=S. The van der Waals surface area contributed by atoms with Crippen molar-refractivity contribution >= 4 is 46.6 Å². The molecule has 0 spiro atoms. The number of aromatic nitrogens is 1. The molecule has 1 aliphatic heterocycles. The van der Waals surface area contributed by atoms with E-state index in [4.69, 9.17) is 12.2 Å². The van der Waals surface area contributed by atoms with Crippen molar-refractivity contribution in [2.75, 3.05) is 11.4 Å². The van der Waals surface area contributed by atoms with Crippen molar-refractivity contribution in [3.8, 4) is 5.69 Å². The molecule has 4 rings (SSSR count). The van der Waals surface area contributed by atoms with E-state index in [0.717, 1.165) is 0 Å². The van der Waals surface area contributed by atoms with Crippen LogP contribution in [0.15, 0.2) is 78.5 Å². The minimum absolute atomic E-state index is 0.0358. The summed E-state index contributed by atoms with van der Waals surface area (Å²) in [6, 6.07) is 18.5. The molecule has 33 heavy (non-hydrogen) atoms. The highest BCUT2D eigenvalue weighted by Crippen LogP contribution is 2.27. The summed E-state index contributed by atoms with van der Waals surface area (Å²) >= 11 is 5.51. The number of hydrogen-bond donors (Lipinski definition) is 0. The molecule has 0 N–H and O–H groups in total. The van der Waals surface area contributed by atoms with E-state index >= 15 is 0 Å². The summed E-state index contributed by atoms with van der Waals surface area (Å²) in [6.07, 6.45) is 3.89. The van der Waals surface area contributed by atoms with E-state index in [9.17, 15) is 19.7 Å². The fourth-order valence-corrected chi connectivity index (χ4v) is 4.01. The zero-order chi connectivity index (χ0) is 23.5. The minimum atomic E-state index is -0.518. The molecule has 1 fully saturated rings. The average Bonchev–Trinajstić information content (AvgIpc) is 3.29. The lowest BCUT2D eigenvalue weighted by atomic mass is 10.1. The molecular weight excluding hydrogens is 440 g/mol. The van der Waals surface area contributed by atoms with Crippen LogP contribution in [0.5, 0.6) is 0 Å². The van der Waals surface area contributed by atoms with Gasteiger partial charge in [-0.25, -0.2) is 0 Å². The smallest absolute Gasteiger partial charge is 0.271 e. The van der Waals surface area contributed by atoms with Crippen LogP contribution in [0.4, 0.5) is 11.4 Å². The van der Waals surface area contributed by atoms with E-state index in [1.54, 1.807) is 59.3 Å². The maximum absolute atomic E-state index is 13.4. The van der Waals surface area contributed by atoms with Crippen LogP contribution in [-0.2, 0) is 9.59 Å². The van der Waals surface area contributed by atoms with Crippen molar-refractivity contribution in [2.45, 2.75) is 13.3 Å². The first-order valence-electron chi connectivity index (χ1n) is 10.3. The quantitative estimate of drug-likeness (QED) is 0.180. The third kappa shape index (κ3) is 4.18. The monoisotopic (exact) mass is 460 g/mol. The third-order valence-corrected chi connectivity index (χ3v) is 5.59. The summed E-state index contributed by atoms with van der Waals surface area (Å²) in [4.78, 5) is 40.2. The first kappa shape index (κ1) is 22.1. The summed E-state index contributed by atoms with van der Waals surface area (Å²) in [5.74, 6) is -0.985. The molecule has 0 aliphatic carbocycles. The topological polar surface area (TPSA) is 88.7 Å². The van der Waals surface area contributed by atoms with Crippen LogP contribution in [0.3, 0.4) is 0 Å². The first-order valence-corrected chi connectivity index (χ1v) is 10.7. The molecule has 3 aromatic rings. The molecule has 0 unspecified atom stereocenters. The molecule has 2 amide bonds. The predicted molar refractivity (Wildman–Crippen MR) is 129 cm³/mol. The van der Waals surface area contributed by atoms with Crippen molar-refractivity contribution in [3.05, 3.63) is 94.3 Å². The number of rotatable bonds is 6. The number of para-hydroxylation sites is 1. The number of carbonyl (C=O) groups is 2. The van der Waals surface area contributed by atoms with Crippen molar-refractivity contribution in [3.63, 3.8) is 0 Å². The van der Waals surface area contributed by atoms with Crippen LogP contribution in [0, 0.1) is 10.1 Å². The summed E-state index contributed by atoms with van der Waals surface area (Å²) in [6.45, 7) is 2.30. The van der Waals surface area contributed by atoms with Gasteiger partial charge in [0.05, 0.1) is 16.3 Å². The van der Waals surface area contributed by atoms with Gasteiger partial charge in [-0.3, -0.25) is 29.5 Å². The normalized spacial score (nSPS) is 15.4. The Kier molecular flexibility index (Phi) is 6.14. The highest BCUT2D eigenvalue weighted by atomic mass is 32.1. The zero-order valence-corrected chi connectivity index (χ0v) is 18.6. The lowest BCUT2D eigenvalue weighted by molar-refractivity contribution is -0.384. The molecule has 8 nitrogen and oxygen atoms in total. The molecule has 0 saturated carbocycles. The Bertz CT molecular complexity index is 1280. The number of nitro benzene ring substituents is 1. The van der Waals surface area contributed by atoms with E-state index in [1.807, 2.05) is 13.0 Å². The number of carbonyl (C=O) groups excluding carboxylic acids is 2. The van der Waals surface area contributed by atoms with Gasteiger partial charge in [-0.2, -0.15) is 0 Å². The molecule has 2 heterocycles. The van der Waals surface area contributed by atoms with Gasteiger partial charge in [0.25, 0.3) is 17.5 Å². The molecule has 1 aliphatic rings. The van der Waals surface area contributed by atoms with Gasteiger partial charge >= 0.3 is 0 Å². The molecular formula is C24H20N4O4S. The van der Waals surface area contributed by atoms with Gasteiger partial charge in [0.15, 0.2) is 5.11 Å². The molecule has 1 saturated heterocycles. The van der Waals surface area contributed by atoms with Gasteiger partial charge in [-0.05, 0) is 55.0 Å². The molecule has 166 valence electrons. The molecule has 0 radical (unpaired) electrons. The maximum atomic E-state index is 13.4. The molecule has 0 bridgehead atoms. The Morgan fingerprint density at radius 1 is 0.970 bits per heavy atom. The van der Waals surface area contributed by atoms with E-state index in [0.29, 0.717) is 30.0 Å². The van der Waals surface area contributed by atoms with Gasteiger partial charge in [0, 0.05) is 30.6 Å². The van der Waals surface area contributed by atoms with E-state index < -0.39 is 16.7 Å². The first-order chi connectivity index (χ1) is 15.9. The van der Waals surface area contributed by atoms with Gasteiger partial charge < -0.3 is 4.57 Å². The Labute approximate surface area is 195 Å². The maximum Gasteiger partial charge on any atom is 0.271 e. The predicted octanol–water partition coefficient (Wildman–Crippen LogP) is 4.34. The summed E-state index contributed by atoms with van der Waals surface area (Å²) in [5, 5.41) is 11.3. The fourth-order valence-electron chi connectivity index (χ4n) is 3.65. The van der Waals surface area contributed by atoms with Gasteiger partial charge in [0.2, 0.25) is 0 Å². The largest absolute Gasteiger partial charge is 0.317 e. The lowest BCUT2D eigenvalue weighted by Crippen LogP contribution is -2.56. The number of amides is 2. The van der Waals surface area contributed by atoms with Gasteiger partial charge in [-0.15, -0.1) is 0 Å². The number of nitro groups is 1. The Hall–Kier alpha value is -4.11. The third-order valence-electron chi connectivity index (χ3n) is 5.18.